The molecule has 1 aromatic carbocycles. The quantitative estimate of drug-likeness (QED) is 0.393. The Morgan fingerprint density at radius 3 is 2.41 bits per heavy atom. The molecule has 0 N–H and O–H groups in total. The van der Waals surface area contributed by atoms with Crippen molar-refractivity contribution in [2.24, 2.45) is 0 Å². The number of pyridine rings is 1. The average Bonchev–Trinajstić information content (AvgIpc) is 2.49. The maximum atomic E-state index is 13.8. The lowest BCUT2D eigenvalue weighted by Gasteiger charge is -2.23. The average molecular weight is 449 g/mol. The van der Waals surface area contributed by atoms with E-state index in [1.807, 2.05) is 0 Å². The van der Waals surface area contributed by atoms with Crippen molar-refractivity contribution >= 4 is 43.5 Å². The van der Waals surface area contributed by atoms with E-state index in [9.17, 15) is 4.39 Å². The van der Waals surface area contributed by atoms with Crippen molar-refractivity contribution in [1.29, 1.82) is 0 Å². The van der Waals surface area contributed by atoms with E-state index in [4.69, 9.17) is 32.2 Å². The van der Waals surface area contributed by atoms with Crippen LogP contribution in [-0.2, 0) is 0 Å². The second-order valence-corrected chi connectivity index (χ2v) is 6.18. The van der Waals surface area contributed by atoms with Crippen LogP contribution in [0.2, 0.25) is 5.02 Å². The Balaban J connectivity index is 2.12. The van der Waals surface area contributed by atoms with Crippen LogP contribution in [0.3, 0.4) is 0 Å². The smallest absolute Gasteiger partial charge is 0.265 e. The van der Waals surface area contributed by atoms with Gasteiger partial charge in [-0.05, 0) is 31.9 Å². The summed E-state index contributed by atoms with van der Waals surface area (Å²) in [5, 5.41) is -0.298. The van der Waals surface area contributed by atoms with E-state index < -0.39 is 5.95 Å². The molecule has 0 atom stereocenters. The molecular weight excluding hydrogens is 444 g/mol. The minimum atomic E-state index is -0.935. The molecule has 1 aromatic heterocycles. The Morgan fingerprint density at radius 1 is 1.23 bits per heavy atom. The van der Waals surface area contributed by atoms with Gasteiger partial charge in [-0.25, -0.2) is 0 Å². The summed E-state index contributed by atoms with van der Waals surface area (Å²) in [6.07, 6.45) is 5.13. The Labute approximate surface area is 146 Å². The number of fused-ring (bicyclic) bond motifs is 2. The molecule has 1 aliphatic rings. The molecule has 0 saturated heterocycles. The van der Waals surface area contributed by atoms with Crippen LogP contribution in [0.25, 0.3) is 0 Å². The first kappa shape index (κ1) is 15.4. The van der Waals surface area contributed by atoms with Crippen molar-refractivity contribution in [3.8, 4) is 41.2 Å². The lowest BCUT2D eigenvalue weighted by atomic mass is 10.2. The molecule has 1 aliphatic heterocycles. The van der Waals surface area contributed by atoms with Crippen LogP contribution in [0.1, 0.15) is 0 Å². The van der Waals surface area contributed by atoms with Crippen LogP contribution in [0, 0.1) is 18.3 Å². The third kappa shape index (κ3) is 2.62. The Hall–Kier alpha value is -1.49. The van der Waals surface area contributed by atoms with E-state index in [1.54, 1.807) is 12.1 Å². The second-order valence-electron chi connectivity index (χ2n) is 4.09. The number of hydrogen-bond acceptors (Lipinski definition) is 4. The SMILES string of the molecule is C#CCOc1nc(F)c(Cl)c2c1Oc1cc(Br)c(Br)cc1O2. The lowest BCUT2D eigenvalue weighted by Crippen LogP contribution is -2.07. The van der Waals surface area contributed by atoms with Gasteiger partial charge in [-0.2, -0.15) is 9.37 Å². The van der Waals surface area contributed by atoms with Gasteiger partial charge in [0.2, 0.25) is 11.7 Å². The fourth-order valence-electron chi connectivity index (χ4n) is 1.76. The van der Waals surface area contributed by atoms with Crippen molar-refractivity contribution in [2.75, 3.05) is 6.61 Å². The number of aromatic nitrogens is 1. The molecule has 8 heteroatoms. The van der Waals surface area contributed by atoms with Gasteiger partial charge >= 0.3 is 0 Å². The highest BCUT2D eigenvalue weighted by Gasteiger charge is 2.30. The molecule has 0 amide bonds. The predicted octanol–water partition coefficient (Wildman–Crippen LogP) is 5.31. The summed E-state index contributed by atoms with van der Waals surface area (Å²) in [5.41, 5.74) is 0. The normalized spacial score (nSPS) is 11.6. The monoisotopic (exact) mass is 447 g/mol. The van der Waals surface area contributed by atoms with Crippen LogP contribution < -0.4 is 14.2 Å². The van der Waals surface area contributed by atoms with E-state index in [0.717, 1.165) is 8.95 Å². The summed E-state index contributed by atoms with van der Waals surface area (Å²) < 4.78 is 31.8. The number of hydrogen-bond donors (Lipinski definition) is 0. The second kappa shape index (κ2) is 5.95. The molecule has 0 radical (unpaired) electrons. The highest BCUT2D eigenvalue weighted by Crippen LogP contribution is 2.53. The standard InChI is InChI=1S/C14H5Br2ClFNO3/c1-2-3-20-14-12-11(10(17)13(18)19-14)21-8-4-6(15)7(16)5-9(8)22-12/h1,4-5H,3H2. The number of terminal acetylenes is 1. The molecule has 112 valence electrons. The largest absolute Gasteiger partial charge is 0.462 e. The molecule has 0 fully saturated rings. The number of ether oxygens (including phenoxy) is 3. The van der Waals surface area contributed by atoms with Crippen LogP contribution >= 0.6 is 43.5 Å². The van der Waals surface area contributed by atoms with Crippen molar-refractivity contribution < 1.29 is 18.6 Å². The Kier molecular flexibility index (Phi) is 4.17. The van der Waals surface area contributed by atoms with Gasteiger partial charge < -0.3 is 14.2 Å². The molecule has 4 nitrogen and oxygen atoms in total. The zero-order valence-corrected chi connectivity index (χ0v) is 14.6. The Bertz CT molecular complexity index is 823. The third-order valence-electron chi connectivity index (χ3n) is 2.68. The number of rotatable bonds is 2. The molecule has 0 aliphatic carbocycles. The van der Waals surface area contributed by atoms with Gasteiger partial charge in [-0.15, -0.1) is 6.42 Å². The summed E-state index contributed by atoms with van der Waals surface area (Å²) in [6.45, 7) is -0.0965. The van der Waals surface area contributed by atoms with Gasteiger partial charge in [-0.1, -0.05) is 17.5 Å². The van der Waals surface area contributed by atoms with Crippen LogP contribution in [-0.4, -0.2) is 11.6 Å². The highest BCUT2D eigenvalue weighted by molar-refractivity contribution is 9.13. The minimum Gasteiger partial charge on any atom is -0.462 e. The first-order valence-electron chi connectivity index (χ1n) is 5.81. The van der Waals surface area contributed by atoms with Crippen LogP contribution in [0.5, 0.6) is 28.9 Å². The van der Waals surface area contributed by atoms with Crippen LogP contribution in [0.4, 0.5) is 4.39 Å². The third-order valence-corrected chi connectivity index (χ3v) is 4.86. The number of nitrogens with zero attached hydrogens (tertiary/aromatic N) is 1. The molecule has 0 unspecified atom stereocenters. The van der Waals surface area contributed by atoms with E-state index >= 15 is 0 Å². The summed E-state index contributed by atoms with van der Waals surface area (Å²) in [5.74, 6) is 2.04. The lowest BCUT2D eigenvalue weighted by molar-refractivity contribution is 0.296. The highest BCUT2D eigenvalue weighted by atomic mass is 79.9. The van der Waals surface area contributed by atoms with Gasteiger partial charge in [0.05, 0.1) is 0 Å². The fourth-order valence-corrected chi connectivity index (χ4v) is 2.57. The maximum absolute atomic E-state index is 13.8. The summed E-state index contributed by atoms with van der Waals surface area (Å²) in [7, 11) is 0. The van der Waals surface area contributed by atoms with Crippen molar-refractivity contribution in [1.82, 2.24) is 4.98 Å². The maximum Gasteiger partial charge on any atom is 0.265 e. The summed E-state index contributed by atoms with van der Waals surface area (Å²) in [4.78, 5) is 3.59. The van der Waals surface area contributed by atoms with Crippen LogP contribution in [0.15, 0.2) is 21.1 Å². The van der Waals surface area contributed by atoms with Gasteiger partial charge in [0.15, 0.2) is 23.9 Å². The summed E-state index contributed by atoms with van der Waals surface area (Å²) >= 11 is 12.6. The van der Waals surface area contributed by atoms with Gasteiger partial charge in [0.1, 0.15) is 5.02 Å². The predicted molar refractivity (Wildman–Crippen MR) is 85.5 cm³/mol. The zero-order valence-electron chi connectivity index (χ0n) is 10.6. The van der Waals surface area contributed by atoms with Crippen molar-refractivity contribution in [2.45, 2.75) is 0 Å². The first-order valence-corrected chi connectivity index (χ1v) is 7.77. The molecule has 2 aromatic rings. The molecular formula is C14H5Br2ClFNO3. The Morgan fingerprint density at radius 2 is 1.82 bits per heavy atom. The van der Waals surface area contributed by atoms with Gasteiger partial charge in [0.25, 0.3) is 5.88 Å². The van der Waals surface area contributed by atoms with E-state index in [1.165, 1.54) is 0 Å². The molecule has 22 heavy (non-hydrogen) atoms. The first-order chi connectivity index (χ1) is 10.5. The fraction of sp³-hybridized carbons (Fsp3) is 0.0714. The molecule has 0 bridgehead atoms. The molecule has 0 saturated carbocycles. The molecule has 0 spiro atoms. The van der Waals surface area contributed by atoms with Gasteiger partial charge in [-0.3, -0.25) is 0 Å². The zero-order chi connectivity index (χ0) is 15.9. The van der Waals surface area contributed by atoms with Crippen molar-refractivity contribution in [3.63, 3.8) is 0 Å². The van der Waals surface area contributed by atoms with E-state index in [2.05, 4.69) is 42.8 Å². The van der Waals surface area contributed by atoms with E-state index in [0.29, 0.717) is 11.5 Å². The number of benzene rings is 1. The van der Waals surface area contributed by atoms with Gasteiger partial charge in [0, 0.05) is 21.1 Å². The summed E-state index contributed by atoms with van der Waals surface area (Å²) in [6, 6.07) is 3.35. The van der Waals surface area contributed by atoms with Crippen molar-refractivity contribution in [3.05, 3.63) is 32.0 Å². The number of halogens is 4. The minimum absolute atomic E-state index is 0.0112. The van der Waals surface area contributed by atoms with E-state index in [-0.39, 0.29) is 29.0 Å². The molecule has 2 heterocycles. The topological polar surface area (TPSA) is 40.6 Å². The molecule has 3 rings (SSSR count).